The molecule has 0 fully saturated rings. The highest BCUT2D eigenvalue weighted by atomic mass is 16.4. The summed E-state index contributed by atoms with van der Waals surface area (Å²) in [7, 11) is 0. The minimum absolute atomic E-state index is 1.19. The number of carboxylic acids is 1. The third kappa shape index (κ3) is 1.72. The zero-order chi connectivity index (χ0) is 5.15. The molecule has 3 heteroatoms. The SMILES string of the molecule is C[13C@H](O)C(=O)O. The molecule has 0 aliphatic rings. The fraction of sp³-hybridized carbons (Fsp3) is 0.667. The molecule has 0 aromatic heterocycles. The lowest BCUT2D eigenvalue weighted by atomic mass is 10.8. The topological polar surface area (TPSA) is 57.5 Å². The molecule has 36 valence electrons. The molecular weight excluding hydrogens is 85.0 g/mol. The predicted octanol–water partition coefficient (Wildman–Crippen LogP) is -0.548. The van der Waals surface area contributed by atoms with Gasteiger partial charge in [0.25, 0.3) is 0 Å². The van der Waals surface area contributed by atoms with E-state index in [1.54, 1.807) is 0 Å². The number of rotatable bonds is 1. The standard InChI is InChI=1S/C3H6O3/c1-2(4)3(5)6/h2,4H,1H3,(H,5,6)/t2-/m0/s1/i2+1. The highest BCUT2D eigenvalue weighted by Gasteiger charge is 2.01. The summed E-state index contributed by atoms with van der Waals surface area (Å²) in [6, 6.07) is 0. The molecule has 0 saturated carbocycles. The van der Waals surface area contributed by atoms with Crippen LogP contribution in [-0.2, 0) is 4.79 Å². The third-order valence-corrected chi connectivity index (χ3v) is 0.357. The molecule has 0 amide bonds. The van der Waals surface area contributed by atoms with Crippen molar-refractivity contribution in [3.63, 3.8) is 0 Å². The first-order valence-electron chi connectivity index (χ1n) is 1.55. The summed E-state index contributed by atoms with van der Waals surface area (Å²) in [6.07, 6.45) is -1.23. The van der Waals surface area contributed by atoms with Gasteiger partial charge in [0.1, 0.15) is 6.10 Å². The van der Waals surface area contributed by atoms with Gasteiger partial charge in [-0.15, -0.1) is 0 Å². The first-order valence-corrected chi connectivity index (χ1v) is 1.55. The van der Waals surface area contributed by atoms with Crippen molar-refractivity contribution in [1.29, 1.82) is 0 Å². The summed E-state index contributed by atoms with van der Waals surface area (Å²) < 4.78 is 0. The molecule has 0 unspecified atom stereocenters. The van der Waals surface area contributed by atoms with Crippen molar-refractivity contribution in [1.82, 2.24) is 0 Å². The summed E-state index contributed by atoms with van der Waals surface area (Å²) in [5.74, 6) is -1.19. The summed E-state index contributed by atoms with van der Waals surface area (Å²) in [5.41, 5.74) is 0. The zero-order valence-electron chi connectivity index (χ0n) is 3.38. The molecule has 0 rings (SSSR count). The highest BCUT2D eigenvalue weighted by Crippen LogP contribution is 1.73. The van der Waals surface area contributed by atoms with Crippen LogP contribution in [0.2, 0.25) is 0 Å². The Kier molecular flexibility index (Phi) is 1.60. The lowest BCUT2D eigenvalue weighted by Crippen LogP contribution is -2.13. The molecule has 0 spiro atoms. The molecule has 3 nitrogen and oxygen atoms in total. The minimum Gasteiger partial charge on any atom is -0.479 e. The van der Waals surface area contributed by atoms with Gasteiger partial charge in [-0.3, -0.25) is 0 Å². The maximum atomic E-state index is 9.45. The normalized spacial score (nSPS) is 13.7. The van der Waals surface area contributed by atoms with Crippen molar-refractivity contribution in [3.05, 3.63) is 0 Å². The Labute approximate surface area is 35.2 Å². The van der Waals surface area contributed by atoms with Crippen molar-refractivity contribution in [2.75, 3.05) is 0 Å². The van der Waals surface area contributed by atoms with Gasteiger partial charge in [0.05, 0.1) is 0 Å². The van der Waals surface area contributed by atoms with Gasteiger partial charge in [0, 0.05) is 0 Å². The quantitative estimate of drug-likeness (QED) is 0.426. The maximum Gasteiger partial charge on any atom is 0.332 e. The van der Waals surface area contributed by atoms with E-state index in [1.807, 2.05) is 0 Å². The highest BCUT2D eigenvalue weighted by molar-refractivity contribution is 5.71. The lowest BCUT2D eigenvalue weighted by Gasteiger charge is -1.89. The van der Waals surface area contributed by atoms with Crippen LogP contribution in [0.4, 0.5) is 0 Å². The molecule has 0 saturated heterocycles. The van der Waals surface area contributed by atoms with E-state index in [-0.39, 0.29) is 0 Å². The average molecular weight is 91.1 g/mol. The fourth-order valence-corrected chi connectivity index (χ4v) is 0. The van der Waals surface area contributed by atoms with E-state index >= 15 is 0 Å². The second-order valence-electron chi connectivity index (χ2n) is 1.01. The number of hydrogen-bond acceptors (Lipinski definition) is 2. The molecule has 0 aliphatic carbocycles. The van der Waals surface area contributed by atoms with Crippen molar-refractivity contribution in [2.45, 2.75) is 13.0 Å². The van der Waals surface area contributed by atoms with Crippen LogP contribution in [0.5, 0.6) is 0 Å². The van der Waals surface area contributed by atoms with Crippen molar-refractivity contribution >= 4 is 5.97 Å². The number of hydrogen-bond donors (Lipinski definition) is 2. The van der Waals surface area contributed by atoms with Crippen LogP contribution in [-0.4, -0.2) is 22.3 Å². The summed E-state index contributed by atoms with van der Waals surface area (Å²) in [5, 5.41) is 15.8. The summed E-state index contributed by atoms with van der Waals surface area (Å²) in [6.45, 7) is 1.20. The number of aliphatic hydroxyl groups is 1. The van der Waals surface area contributed by atoms with E-state index in [4.69, 9.17) is 10.2 Å². The van der Waals surface area contributed by atoms with E-state index in [0.29, 0.717) is 0 Å². The van der Waals surface area contributed by atoms with Crippen LogP contribution in [0.1, 0.15) is 6.92 Å². The van der Waals surface area contributed by atoms with Crippen LogP contribution in [0.15, 0.2) is 0 Å². The fourth-order valence-electron chi connectivity index (χ4n) is 0. The zero-order valence-corrected chi connectivity index (χ0v) is 3.38. The van der Waals surface area contributed by atoms with Crippen LogP contribution in [0.3, 0.4) is 0 Å². The van der Waals surface area contributed by atoms with Crippen LogP contribution < -0.4 is 0 Å². The lowest BCUT2D eigenvalue weighted by molar-refractivity contribution is -0.145. The second-order valence-corrected chi connectivity index (χ2v) is 1.01. The summed E-state index contributed by atoms with van der Waals surface area (Å²) >= 11 is 0. The second kappa shape index (κ2) is 1.77. The predicted molar refractivity (Wildman–Crippen MR) is 19.3 cm³/mol. The van der Waals surface area contributed by atoms with Gasteiger partial charge >= 0.3 is 5.97 Å². The van der Waals surface area contributed by atoms with Crippen LogP contribution in [0.25, 0.3) is 0 Å². The largest absolute Gasteiger partial charge is 0.479 e. The van der Waals surface area contributed by atoms with Gasteiger partial charge in [-0.2, -0.15) is 0 Å². The first-order chi connectivity index (χ1) is 2.64. The smallest absolute Gasteiger partial charge is 0.332 e. The Morgan fingerprint density at radius 3 is 2.00 bits per heavy atom. The van der Waals surface area contributed by atoms with Crippen LogP contribution in [0, 0.1) is 0 Å². The van der Waals surface area contributed by atoms with Gasteiger partial charge in [0.2, 0.25) is 0 Å². The molecule has 0 aromatic rings. The molecule has 0 aromatic carbocycles. The van der Waals surface area contributed by atoms with Gasteiger partial charge in [-0.05, 0) is 6.92 Å². The Hall–Kier alpha value is -0.570. The van der Waals surface area contributed by atoms with E-state index in [2.05, 4.69) is 0 Å². The Morgan fingerprint density at radius 1 is 1.83 bits per heavy atom. The summed E-state index contributed by atoms with van der Waals surface area (Å²) in [4.78, 5) is 9.45. The van der Waals surface area contributed by atoms with Gasteiger partial charge in [-0.25, -0.2) is 4.79 Å². The molecule has 0 bridgehead atoms. The monoisotopic (exact) mass is 91.0 g/mol. The molecule has 1 atom stereocenters. The number of carbonyl (C=O) groups is 1. The number of aliphatic carboxylic acids is 1. The van der Waals surface area contributed by atoms with Crippen molar-refractivity contribution in [2.24, 2.45) is 0 Å². The number of carboxylic acid groups (broad SMARTS) is 1. The van der Waals surface area contributed by atoms with Gasteiger partial charge in [0.15, 0.2) is 0 Å². The van der Waals surface area contributed by atoms with E-state index in [0.717, 1.165) is 0 Å². The Bertz CT molecular complexity index is 57.1. The Balaban J connectivity index is 3.26. The molecule has 0 aliphatic heterocycles. The van der Waals surface area contributed by atoms with Gasteiger partial charge in [-0.1, -0.05) is 0 Å². The van der Waals surface area contributed by atoms with Gasteiger partial charge < -0.3 is 10.2 Å². The molecule has 2 N–H and O–H groups in total. The Morgan fingerprint density at radius 2 is 2.00 bits per heavy atom. The minimum atomic E-state index is -1.23. The van der Waals surface area contributed by atoms with Crippen molar-refractivity contribution < 1.29 is 15.0 Å². The third-order valence-electron chi connectivity index (χ3n) is 0.357. The molecule has 6 heavy (non-hydrogen) atoms. The number of aliphatic hydroxyl groups excluding tert-OH is 1. The van der Waals surface area contributed by atoms with Crippen molar-refractivity contribution in [3.8, 4) is 0 Å². The van der Waals surface area contributed by atoms with E-state index < -0.39 is 12.1 Å². The molecule has 0 radical (unpaired) electrons. The molecule has 0 heterocycles. The van der Waals surface area contributed by atoms with E-state index in [1.165, 1.54) is 6.92 Å². The molecular formula is C3H6O3. The van der Waals surface area contributed by atoms with E-state index in [9.17, 15) is 4.79 Å². The maximum absolute atomic E-state index is 9.45. The van der Waals surface area contributed by atoms with Crippen LogP contribution >= 0.6 is 0 Å². The average Bonchev–Trinajstić information content (AvgIpc) is 1.36. The first kappa shape index (κ1) is 5.43.